The summed E-state index contributed by atoms with van der Waals surface area (Å²) in [7, 11) is 0. The third-order valence-corrected chi connectivity index (χ3v) is 3.83. The van der Waals surface area contributed by atoms with Crippen molar-refractivity contribution >= 4 is 17.7 Å². The smallest absolute Gasteiger partial charge is 0.225 e. The van der Waals surface area contributed by atoms with Gasteiger partial charge in [-0.2, -0.15) is 0 Å². The second-order valence-corrected chi connectivity index (χ2v) is 6.91. The molecule has 0 saturated heterocycles. The second kappa shape index (κ2) is 6.80. The third kappa shape index (κ3) is 4.63. The minimum absolute atomic E-state index is 0.0764. The van der Waals surface area contributed by atoms with E-state index in [2.05, 4.69) is 15.3 Å². The van der Waals surface area contributed by atoms with E-state index in [0.717, 1.165) is 22.2 Å². The quantitative estimate of drug-likeness (QED) is 0.658. The number of H-pyrrole nitrogens is 1. The molecule has 0 saturated carbocycles. The van der Waals surface area contributed by atoms with Crippen LogP contribution in [-0.4, -0.2) is 28.2 Å². The van der Waals surface area contributed by atoms with E-state index in [1.54, 1.807) is 11.8 Å². The predicted octanol–water partition coefficient (Wildman–Crippen LogP) is 3.33. The van der Waals surface area contributed by atoms with Gasteiger partial charge in [-0.05, 0) is 5.56 Å². The predicted molar refractivity (Wildman–Crippen MR) is 87.2 cm³/mol. The van der Waals surface area contributed by atoms with Crippen LogP contribution in [0, 0.1) is 5.41 Å². The fraction of sp³-hybridized carbons (Fsp3) is 0.375. The maximum Gasteiger partial charge on any atom is 0.225 e. The Kier molecular flexibility index (Phi) is 5.07. The number of amides is 1. The highest BCUT2D eigenvalue weighted by Crippen LogP contribution is 2.20. The third-order valence-electron chi connectivity index (χ3n) is 2.94. The summed E-state index contributed by atoms with van der Waals surface area (Å²) in [4.78, 5) is 19.4. The first-order valence-corrected chi connectivity index (χ1v) is 7.97. The van der Waals surface area contributed by atoms with E-state index in [4.69, 9.17) is 0 Å². The lowest BCUT2D eigenvalue weighted by molar-refractivity contribution is -0.128. The van der Waals surface area contributed by atoms with Crippen molar-refractivity contribution in [2.75, 3.05) is 12.3 Å². The summed E-state index contributed by atoms with van der Waals surface area (Å²) < 4.78 is 0. The molecule has 0 radical (unpaired) electrons. The molecule has 0 bridgehead atoms. The zero-order chi connectivity index (χ0) is 15.3. The number of carbonyl (C=O) groups is 1. The molecule has 0 aliphatic rings. The number of nitrogens with zero attached hydrogens (tertiary/aromatic N) is 1. The van der Waals surface area contributed by atoms with Crippen LogP contribution in [0.3, 0.4) is 0 Å². The highest BCUT2D eigenvalue weighted by molar-refractivity contribution is 7.99. The van der Waals surface area contributed by atoms with Crippen LogP contribution in [0.2, 0.25) is 0 Å². The zero-order valence-corrected chi connectivity index (χ0v) is 13.5. The first-order valence-electron chi connectivity index (χ1n) is 6.98. The summed E-state index contributed by atoms with van der Waals surface area (Å²) in [6.07, 6.45) is 1.84. The molecule has 0 atom stereocenters. The van der Waals surface area contributed by atoms with Gasteiger partial charge in [-0.15, -0.1) is 0 Å². The van der Waals surface area contributed by atoms with Crippen LogP contribution in [-0.2, 0) is 4.79 Å². The van der Waals surface area contributed by atoms with E-state index >= 15 is 0 Å². The summed E-state index contributed by atoms with van der Waals surface area (Å²) in [5, 5.41) is 3.80. The van der Waals surface area contributed by atoms with Gasteiger partial charge >= 0.3 is 0 Å². The number of rotatable bonds is 5. The van der Waals surface area contributed by atoms with Crippen LogP contribution >= 0.6 is 11.8 Å². The van der Waals surface area contributed by atoms with Gasteiger partial charge in [0, 0.05) is 17.7 Å². The van der Waals surface area contributed by atoms with Crippen molar-refractivity contribution in [2.24, 2.45) is 5.41 Å². The standard InChI is InChI=1S/C16H21N3OS/c1-16(2,3)14(20)17-9-10-21-15-18-11-13(19-15)12-7-5-4-6-8-12/h4-8,11H,9-10H2,1-3H3,(H,17,20)(H,18,19). The first-order chi connectivity index (χ1) is 9.97. The van der Waals surface area contributed by atoms with E-state index in [1.807, 2.05) is 57.3 Å². The number of benzene rings is 1. The molecule has 5 heteroatoms. The Morgan fingerprint density at radius 1 is 1.29 bits per heavy atom. The fourth-order valence-corrected chi connectivity index (χ4v) is 2.42. The van der Waals surface area contributed by atoms with Crippen molar-refractivity contribution in [1.82, 2.24) is 15.3 Å². The Morgan fingerprint density at radius 2 is 2.00 bits per heavy atom. The van der Waals surface area contributed by atoms with Crippen LogP contribution in [0.25, 0.3) is 11.3 Å². The normalized spacial score (nSPS) is 11.4. The van der Waals surface area contributed by atoms with Crippen molar-refractivity contribution in [3.05, 3.63) is 36.5 Å². The molecule has 1 aromatic carbocycles. The largest absolute Gasteiger partial charge is 0.355 e. The van der Waals surface area contributed by atoms with Crippen molar-refractivity contribution in [3.8, 4) is 11.3 Å². The summed E-state index contributed by atoms with van der Waals surface area (Å²) in [5.74, 6) is 0.872. The molecule has 0 aliphatic carbocycles. The molecule has 2 rings (SSSR count). The van der Waals surface area contributed by atoms with Gasteiger partial charge in [0.05, 0.1) is 11.9 Å². The van der Waals surface area contributed by atoms with Crippen LogP contribution in [0.5, 0.6) is 0 Å². The van der Waals surface area contributed by atoms with E-state index in [-0.39, 0.29) is 11.3 Å². The maximum atomic E-state index is 11.7. The minimum atomic E-state index is -0.337. The highest BCUT2D eigenvalue weighted by Gasteiger charge is 2.20. The molecule has 1 amide bonds. The van der Waals surface area contributed by atoms with Crippen LogP contribution in [0.4, 0.5) is 0 Å². The molecule has 1 heterocycles. The Labute approximate surface area is 129 Å². The van der Waals surface area contributed by atoms with Crippen molar-refractivity contribution in [2.45, 2.75) is 25.9 Å². The number of carbonyl (C=O) groups excluding carboxylic acids is 1. The summed E-state index contributed by atoms with van der Waals surface area (Å²) >= 11 is 1.61. The van der Waals surface area contributed by atoms with Crippen LogP contribution in [0.15, 0.2) is 41.7 Å². The Balaban J connectivity index is 1.80. The fourth-order valence-electron chi connectivity index (χ4n) is 1.72. The number of imidazole rings is 1. The average Bonchev–Trinajstić information content (AvgIpc) is 2.92. The monoisotopic (exact) mass is 303 g/mol. The number of hydrogen-bond acceptors (Lipinski definition) is 3. The lowest BCUT2D eigenvalue weighted by Crippen LogP contribution is -2.36. The van der Waals surface area contributed by atoms with Crippen LogP contribution < -0.4 is 5.32 Å². The molecular weight excluding hydrogens is 282 g/mol. The number of hydrogen-bond donors (Lipinski definition) is 2. The Morgan fingerprint density at radius 3 is 2.67 bits per heavy atom. The lowest BCUT2D eigenvalue weighted by atomic mass is 9.96. The maximum absolute atomic E-state index is 11.7. The van der Waals surface area contributed by atoms with E-state index < -0.39 is 0 Å². The lowest BCUT2D eigenvalue weighted by Gasteiger charge is -2.17. The van der Waals surface area contributed by atoms with Crippen molar-refractivity contribution in [1.29, 1.82) is 0 Å². The Bertz CT molecular complexity index is 587. The summed E-state index contributed by atoms with van der Waals surface area (Å²) in [5.41, 5.74) is 1.80. The minimum Gasteiger partial charge on any atom is -0.355 e. The number of aromatic amines is 1. The number of aromatic nitrogens is 2. The molecule has 0 spiro atoms. The number of nitrogens with one attached hydrogen (secondary N) is 2. The molecule has 0 unspecified atom stereocenters. The van der Waals surface area contributed by atoms with Gasteiger partial charge in [-0.1, -0.05) is 62.9 Å². The zero-order valence-electron chi connectivity index (χ0n) is 12.6. The average molecular weight is 303 g/mol. The first kappa shape index (κ1) is 15.6. The Hall–Kier alpha value is -1.75. The molecule has 4 nitrogen and oxygen atoms in total. The van der Waals surface area contributed by atoms with Gasteiger partial charge in [-0.3, -0.25) is 4.79 Å². The molecule has 112 valence electrons. The van der Waals surface area contributed by atoms with Gasteiger partial charge in [0.15, 0.2) is 5.16 Å². The van der Waals surface area contributed by atoms with Gasteiger partial charge in [0.1, 0.15) is 0 Å². The van der Waals surface area contributed by atoms with Crippen LogP contribution in [0.1, 0.15) is 20.8 Å². The number of thioether (sulfide) groups is 1. The van der Waals surface area contributed by atoms with E-state index in [0.29, 0.717) is 6.54 Å². The molecule has 2 N–H and O–H groups in total. The SMILES string of the molecule is CC(C)(C)C(=O)NCCSc1ncc(-c2ccccc2)[nH]1. The highest BCUT2D eigenvalue weighted by atomic mass is 32.2. The molecular formula is C16H21N3OS. The van der Waals surface area contributed by atoms with E-state index in [9.17, 15) is 4.79 Å². The second-order valence-electron chi connectivity index (χ2n) is 5.82. The van der Waals surface area contributed by atoms with Gasteiger partial charge in [0.25, 0.3) is 0 Å². The van der Waals surface area contributed by atoms with Gasteiger partial charge in [-0.25, -0.2) is 4.98 Å². The van der Waals surface area contributed by atoms with Gasteiger partial charge < -0.3 is 10.3 Å². The van der Waals surface area contributed by atoms with Gasteiger partial charge in [0.2, 0.25) is 5.91 Å². The molecule has 0 fully saturated rings. The van der Waals surface area contributed by atoms with Crippen molar-refractivity contribution < 1.29 is 4.79 Å². The topological polar surface area (TPSA) is 57.8 Å². The summed E-state index contributed by atoms with van der Waals surface area (Å²) in [6.45, 7) is 6.37. The summed E-state index contributed by atoms with van der Waals surface area (Å²) in [6, 6.07) is 10.1. The van der Waals surface area contributed by atoms with Crippen molar-refractivity contribution in [3.63, 3.8) is 0 Å². The molecule has 2 aromatic rings. The van der Waals surface area contributed by atoms with E-state index in [1.165, 1.54) is 0 Å². The molecule has 21 heavy (non-hydrogen) atoms. The molecule has 0 aliphatic heterocycles. The molecule has 1 aromatic heterocycles.